The first-order valence-corrected chi connectivity index (χ1v) is 6.52. The molecule has 0 aliphatic carbocycles. The number of rotatable bonds is 4. The summed E-state index contributed by atoms with van der Waals surface area (Å²) >= 11 is 3.38. The summed E-state index contributed by atoms with van der Waals surface area (Å²) in [6, 6.07) is 9.88. The topological polar surface area (TPSA) is 48.1 Å². The molecule has 0 fully saturated rings. The van der Waals surface area contributed by atoms with Crippen molar-refractivity contribution >= 4 is 15.9 Å². The van der Waals surface area contributed by atoms with E-state index >= 15 is 0 Å². The van der Waals surface area contributed by atoms with Gasteiger partial charge < -0.3 is 10.5 Å². The van der Waals surface area contributed by atoms with Gasteiger partial charge in [-0.15, -0.1) is 0 Å². The SMILES string of the molecule is C[C@@H](N)c1ccc(OCc2cncc(Br)c2)cc1. The predicted octanol–water partition coefficient (Wildman–Crippen LogP) is 3.44. The number of hydrogen-bond donors (Lipinski definition) is 1. The van der Waals surface area contributed by atoms with Gasteiger partial charge in [-0.25, -0.2) is 0 Å². The summed E-state index contributed by atoms with van der Waals surface area (Å²) in [5, 5.41) is 0. The average molecular weight is 307 g/mol. The van der Waals surface area contributed by atoms with Gasteiger partial charge in [0.1, 0.15) is 12.4 Å². The first kappa shape index (κ1) is 13.1. The second-order valence-corrected chi connectivity index (χ2v) is 5.07. The summed E-state index contributed by atoms with van der Waals surface area (Å²) in [4.78, 5) is 4.09. The third-order valence-corrected chi connectivity index (χ3v) is 3.01. The van der Waals surface area contributed by atoms with Crippen LogP contribution in [0.2, 0.25) is 0 Å². The number of nitrogens with zero attached hydrogens (tertiary/aromatic N) is 1. The molecule has 3 nitrogen and oxygen atoms in total. The van der Waals surface area contributed by atoms with Gasteiger partial charge in [-0.1, -0.05) is 12.1 Å². The van der Waals surface area contributed by atoms with Crippen molar-refractivity contribution in [2.45, 2.75) is 19.6 Å². The van der Waals surface area contributed by atoms with Crippen LogP contribution in [0.3, 0.4) is 0 Å². The normalized spacial score (nSPS) is 12.2. The molecule has 1 atom stereocenters. The lowest BCUT2D eigenvalue weighted by molar-refractivity contribution is 0.305. The van der Waals surface area contributed by atoms with Crippen molar-refractivity contribution in [3.8, 4) is 5.75 Å². The molecule has 0 saturated carbocycles. The van der Waals surface area contributed by atoms with Crippen molar-refractivity contribution in [1.29, 1.82) is 0 Å². The van der Waals surface area contributed by atoms with Gasteiger partial charge in [-0.2, -0.15) is 0 Å². The van der Waals surface area contributed by atoms with Crippen LogP contribution in [0.15, 0.2) is 47.2 Å². The van der Waals surface area contributed by atoms with Crippen LogP contribution in [-0.4, -0.2) is 4.98 Å². The fourth-order valence-corrected chi connectivity index (χ4v) is 1.98. The summed E-state index contributed by atoms with van der Waals surface area (Å²) in [5.74, 6) is 0.833. The Morgan fingerprint density at radius 1 is 1.28 bits per heavy atom. The van der Waals surface area contributed by atoms with E-state index in [0.717, 1.165) is 21.3 Å². The molecule has 1 aromatic carbocycles. The van der Waals surface area contributed by atoms with Gasteiger partial charge in [-0.3, -0.25) is 4.98 Å². The van der Waals surface area contributed by atoms with E-state index in [1.165, 1.54) is 0 Å². The maximum absolute atomic E-state index is 5.79. The Balaban J connectivity index is 1.98. The molecule has 2 aromatic rings. The van der Waals surface area contributed by atoms with Crippen molar-refractivity contribution in [3.63, 3.8) is 0 Å². The van der Waals surface area contributed by atoms with Crippen LogP contribution < -0.4 is 10.5 Å². The highest BCUT2D eigenvalue weighted by Gasteiger charge is 2.00. The minimum absolute atomic E-state index is 0.0494. The molecule has 0 spiro atoms. The first-order chi connectivity index (χ1) is 8.65. The molecular weight excluding hydrogens is 292 g/mol. The van der Waals surface area contributed by atoms with Crippen LogP contribution in [0.1, 0.15) is 24.1 Å². The Morgan fingerprint density at radius 2 is 2.00 bits per heavy atom. The Kier molecular flexibility index (Phi) is 4.33. The third-order valence-electron chi connectivity index (χ3n) is 2.57. The van der Waals surface area contributed by atoms with E-state index in [1.807, 2.05) is 37.3 Å². The summed E-state index contributed by atoms with van der Waals surface area (Å²) in [7, 11) is 0. The molecular formula is C14H15BrN2O. The van der Waals surface area contributed by atoms with Gasteiger partial charge in [0.15, 0.2) is 0 Å². The molecule has 0 unspecified atom stereocenters. The summed E-state index contributed by atoms with van der Waals surface area (Å²) in [6.07, 6.45) is 3.54. The second kappa shape index (κ2) is 5.98. The maximum atomic E-state index is 5.79. The minimum atomic E-state index is 0.0494. The monoisotopic (exact) mass is 306 g/mol. The molecule has 2 rings (SSSR count). The molecule has 94 valence electrons. The van der Waals surface area contributed by atoms with Crippen LogP contribution in [0.5, 0.6) is 5.75 Å². The highest BCUT2D eigenvalue weighted by molar-refractivity contribution is 9.10. The summed E-state index contributed by atoms with van der Waals surface area (Å²) < 4.78 is 6.63. The van der Waals surface area contributed by atoms with Crippen molar-refractivity contribution in [3.05, 3.63) is 58.3 Å². The number of pyridine rings is 1. The number of halogens is 1. The zero-order chi connectivity index (χ0) is 13.0. The Labute approximate surface area is 115 Å². The van der Waals surface area contributed by atoms with Crippen LogP contribution >= 0.6 is 15.9 Å². The summed E-state index contributed by atoms with van der Waals surface area (Å²) in [6.45, 7) is 2.47. The number of hydrogen-bond acceptors (Lipinski definition) is 3. The predicted molar refractivity (Wildman–Crippen MR) is 75.3 cm³/mol. The number of benzene rings is 1. The van der Waals surface area contributed by atoms with Gasteiger partial charge in [0.05, 0.1) is 0 Å². The highest BCUT2D eigenvalue weighted by atomic mass is 79.9. The molecule has 0 aliphatic rings. The number of ether oxygens (including phenoxy) is 1. The standard InChI is InChI=1S/C14H15BrN2O/c1-10(16)12-2-4-14(5-3-12)18-9-11-6-13(15)8-17-7-11/h2-8,10H,9,16H2,1H3/t10-/m1/s1. The van der Waals surface area contributed by atoms with E-state index in [4.69, 9.17) is 10.5 Å². The van der Waals surface area contributed by atoms with Gasteiger partial charge in [0, 0.05) is 28.5 Å². The lowest BCUT2D eigenvalue weighted by Crippen LogP contribution is -2.04. The molecule has 0 amide bonds. The molecule has 4 heteroatoms. The van der Waals surface area contributed by atoms with Crippen LogP contribution in [0.4, 0.5) is 0 Å². The largest absolute Gasteiger partial charge is 0.489 e. The Hall–Kier alpha value is -1.39. The molecule has 0 saturated heterocycles. The van der Waals surface area contributed by atoms with Gasteiger partial charge in [0.2, 0.25) is 0 Å². The van der Waals surface area contributed by atoms with Gasteiger partial charge in [-0.05, 0) is 46.6 Å². The number of nitrogens with two attached hydrogens (primary N) is 1. The maximum Gasteiger partial charge on any atom is 0.119 e. The zero-order valence-corrected chi connectivity index (χ0v) is 11.7. The lowest BCUT2D eigenvalue weighted by atomic mass is 10.1. The lowest BCUT2D eigenvalue weighted by Gasteiger charge is -2.09. The van der Waals surface area contributed by atoms with Crippen molar-refractivity contribution in [2.75, 3.05) is 0 Å². The quantitative estimate of drug-likeness (QED) is 0.941. The second-order valence-electron chi connectivity index (χ2n) is 4.16. The fourth-order valence-electron chi connectivity index (χ4n) is 1.57. The molecule has 1 aromatic heterocycles. The molecule has 0 radical (unpaired) electrons. The van der Waals surface area contributed by atoms with Crippen LogP contribution in [0.25, 0.3) is 0 Å². The summed E-state index contributed by atoms with van der Waals surface area (Å²) in [5.41, 5.74) is 7.92. The van der Waals surface area contributed by atoms with Crippen LogP contribution in [0, 0.1) is 0 Å². The van der Waals surface area contributed by atoms with Crippen LogP contribution in [-0.2, 0) is 6.61 Å². The van der Waals surface area contributed by atoms with Crippen molar-refractivity contribution in [2.24, 2.45) is 5.73 Å². The Bertz CT molecular complexity index is 511. The van der Waals surface area contributed by atoms with Gasteiger partial charge in [0.25, 0.3) is 0 Å². The van der Waals surface area contributed by atoms with Crippen molar-refractivity contribution in [1.82, 2.24) is 4.98 Å². The molecule has 2 N–H and O–H groups in total. The van der Waals surface area contributed by atoms with E-state index in [9.17, 15) is 0 Å². The van der Waals surface area contributed by atoms with Crippen molar-refractivity contribution < 1.29 is 4.74 Å². The average Bonchev–Trinajstić information content (AvgIpc) is 2.37. The van der Waals surface area contributed by atoms with E-state index < -0.39 is 0 Å². The third kappa shape index (κ3) is 3.55. The van der Waals surface area contributed by atoms with E-state index in [2.05, 4.69) is 20.9 Å². The Morgan fingerprint density at radius 3 is 2.61 bits per heavy atom. The van der Waals surface area contributed by atoms with E-state index in [1.54, 1.807) is 12.4 Å². The molecule has 18 heavy (non-hydrogen) atoms. The first-order valence-electron chi connectivity index (χ1n) is 5.73. The highest BCUT2D eigenvalue weighted by Crippen LogP contribution is 2.18. The zero-order valence-electron chi connectivity index (χ0n) is 10.1. The van der Waals surface area contributed by atoms with E-state index in [-0.39, 0.29) is 6.04 Å². The molecule has 0 bridgehead atoms. The molecule has 0 aliphatic heterocycles. The molecule has 1 heterocycles. The fraction of sp³-hybridized carbons (Fsp3) is 0.214. The smallest absolute Gasteiger partial charge is 0.119 e. The minimum Gasteiger partial charge on any atom is -0.489 e. The van der Waals surface area contributed by atoms with E-state index in [0.29, 0.717) is 6.61 Å². The van der Waals surface area contributed by atoms with Gasteiger partial charge >= 0.3 is 0 Å². The number of aromatic nitrogens is 1.